The summed E-state index contributed by atoms with van der Waals surface area (Å²) < 4.78 is 4.54. The summed E-state index contributed by atoms with van der Waals surface area (Å²) >= 11 is 0. The molecule has 0 atom stereocenters. The second-order valence-corrected chi connectivity index (χ2v) is 5.04. The number of esters is 1. The van der Waals surface area contributed by atoms with Crippen molar-refractivity contribution < 1.29 is 24.2 Å². The fraction of sp³-hybridized carbons (Fsp3) is 0.769. The molecule has 0 aliphatic carbocycles. The number of hydrogen-bond acceptors (Lipinski definition) is 5. The summed E-state index contributed by atoms with van der Waals surface area (Å²) in [4.78, 5) is 39.0. The molecule has 0 radical (unpaired) electrons. The number of nitrogens with zero attached hydrogens (tertiary/aromatic N) is 3. The second-order valence-electron chi connectivity index (χ2n) is 5.04. The Labute approximate surface area is 124 Å². The monoisotopic (exact) mass is 301 g/mol. The first-order valence-electron chi connectivity index (χ1n) is 6.95. The number of urea groups is 1. The Kier molecular flexibility index (Phi) is 6.93. The molecule has 0 bridgehead atoms. The van der Waals surface area contributed by atoms with Gasteiger partial charge >= 0.3 is 18.0 Å². The van der Waals surface area contributed by atoms with Gasteiger partial charge in [0.05, 0.1) is 20.1 Å². The molecule has 8 heteroatoms. The number of amides is 2. The van der Waals surface area contributed by atoms with Gasteiger partial charge in [-0.1, -0.05) is 0 Å². The van der Waals surface area contributed by atoms with Gasteiger partial charge in [-0.15, -0.1) is 0 Å². The van der Waals surface area contributed by atoms with Crippen molar-refractivity contribution in [1.29, 1.82) is 0 Å². The highest BCUT2D eigenvalue weighted by Crippen LogP contribution is 2.06. The van der Waals surface area contributed by atoms with E-state index in [1.165, 1.54) is 12.0 Å². The van der Waals surface area contributed by atoms with Crippen molar-refractivity contribution in [3.8, 4) is 0 Å². The lowest BCUT2D eigenvalue weighted by Crippen LogP contribution is -2.44. The van der Waals surface area contributed by atoms with Crippen molar-refractivity contribution in [3.05, 3.63) is 0 Å². The van der Waals surface area contributed by atoms with E-state index in [1.54, 1.807) is 11.9 Å². The first-order valence-corrected chi connectivity index (χ1v) is 6.95. The van der Waals surface area contributed by atoms with Gasteiger partial charge in [0, 0.05) is 39.8 Å². The molecule has 0 aromatic rings. The van der Waals surface area contributed by atoms with Crippen LogP contribution in [0.4, 0.5) is 4.79 Å². The maximum Gasteiger partial charge on any atom is 0.319 e. The minimum atomic E-state index is -0.857. The number of carboxylic acid groups (broad SMARTS) is 1. The number of carboxylic acids is 1. The predicted octanol–water partition coefficient (Wildman–Crippen LogP) is -0.306. The summed E-state index contributed by atoms with van der Waals surface area (Å²) in [6.07, 6.45) is 0.904. The Hall–Kier alpha value is -1.83. The summed E-state index contributed by atoms with van der Waals surface area (Å²) in [6, 6.07) is -0.143. The Morgan fingerprint density at radius 3 is 2.52 bits per heavy atom. The van der Waals surface area contributed by atoms with Crippen molar-refractivity contribution in [2.45, 2.75) is 12.8 Å². The van der Waals surface area contributed by atoms with E-state index < -0.39 is 5.97 Å². The summed E-state index contributed by atoms with van der Waals surface area (Å²) in [5.41, 5.74) is 0. The highest BCUT2D eigenvalue weighted by molar-refractivity contribution is 5.75. The van der Waals surface area contributed by atoms with Crippen LogP contribution in [0.25, 0.3) is 0 Å². The number of rotatable bonds is 5. The molecule has 1 fully saturated rings. The largest absolute Gasteiger partial charge is 0.480 e. The molecule has 0 spiro atoms. The first kappa shape index (κ1) is 17.2. The van der Waals surface area contributed by atoms with Gasteiger partial charge in [0.25, 0.3) is 0 Å². The molecular weight excluding hydrogens is 278 g/mol. The summed E-state index contributed by atoms with van der Waals surface area (Å²) in [6.45, 7) is 2.61. The Bertz CT molecular complexity index is 388. The molecule has 1 heterocycles. The van der Waals surface area contributed by atoms with E-state index in [1.807, 2.05) is 4.90 Å². The van der Waals surface area contributed by atoms with Gasteiger partial charge in [-0.05, 0) is 6.42 Å². The minimum Gasteiger partial charge on any atom is -0.480 e. The molecule has 8 nitrogen and oxygen atoms in total. The van der Waals surface area contributed by atoms with Crippen LogP contribution in [0.1, 0.15) is 12.8 Å². The smallest absolute Gasteiger partial charge is 0.319 e. The topological polar surface area (TPSA) is 90.4 Å². The molecule has 0 unspecified atom stereocenters. The number of ether oxygens (including phenoxy) is 1. The van der Waals surface area contributed by atoms with Crippen molar-refractivity contribution in [3.63, 3.8) is 0 Å². The summed E-state index contributed by atoms with van der Waals surface area (Å²) in [7, 11) is 2.96. The third-order valence-electron chi connectivity index (χ3n) is 3.42. The van der Waals surface area contributed by atoms with Crippen LogP contribution in [0, 0.1) is 0 Å². The average molecular weight is 301 g/mol. The van der Waals surface area contributed by atoms with Gasteiger partial charge < -0.3 is 19.6 Å². The third kappa shape index (κ3) is 5.99. The molecule has 1 N–H and O–H groups in total. The summed E-state index contributed by atoms with van der Waals surface area (Å²) in [5.74, 6) is -1.21. The normalized spacial score (nSPS) is 16.2. The van der Waals surface area contributed by atoms with Crippen molar-refractivity contribution in [2.24, 2.45) is 0 Å². The highest BCUT2D eigenvalue weighted by Gasteiger charge is 2.22. The fourth-order valence-corrected chi connectivity index (χ4v) is 2.21. The van der Waals surface area contributed by atoms with Crippen LogP contribution in [0.3, 0.4) is 0 Å². The Morgan fingerprint density at radius 1 is 1.19 bits per heavy atom. The van der Waals surface area contributed by atoms with Crippen LogP contribution in [-0.2, 0) is 14.3 Å². The lowest BCUT2D eigenvalue weighted by molar-refractivity contribution is -0.141. The van der Waals surface area contributed by atoms with Gasteiger partial charge in [-0.25, -0.2) is 4.79 Å². The van der Waals surface area contributed by atoms with Gasteiger partial charge in [0.1, 0.15) is 0 Å². The first-order chi connectivity index (χ1) is 9.93. The van der Waals surface area contributed by atoms with Crippen LogP contribution in [0.5, 0.6) is 0 Å². The van der Waals surface area contributed by atoms with Crippen LogP contribution < -0.4 is 0 Å². The minimum absolute atomic E-state index is 0.000209. The highest BCUT2D eigenvalue weighted by atomic mass is 16.5. The predicted molar refractivity (Wildman–Crippen MR) is 74.9 cm³/mol. The zero-order valence-corrected chi connectivity index (χ0v) is 12.6. The SMILES string of the molecule is COC(=O)CCN(C)C(=O)N1CCCN(CC(=O)O)CC1. The van der Waals surface area contributed by atoms with Crippen molar-refractivity contribution >= 4 is 18.0 Å². The van der Waals surface area contributed by atoms with Crippen LogP contribution in [0.15, 0.2) is 0 Å². The molecule has 1 aliphatic rings. The molecule has 0 aromatic heterocycles. The van der Waals surface area contributed by atoms with E-state index in [-0.39, 0.29) is 25.0 Å². The number of hydrogen-bond donors (Lipinski definition) is 1. The quantitative estimate of drug-likeness (QED) is 0.701. The standard InChI is InChI=1S/C13H23N3O5/c1-14(7-4-12(19)21-2)13(20)16-6-3-5-15(8-9-16)10-11(17)18/h3-10H2,1-2H3,(H,17,18). The lowest BCUT2D eigenvalue weighted by Gasteiger charge is -2.27. The van der Waals surface area contributed by atoms with Gasteiger partial charge in [0.15, 0.2) is 0 Å². The Balaban J connectivity index is 2.43. The molecule has 2 amide bonds. The molecule has 0 aromatic carbocycles. The van der Waals surface area contributed by atoms with Crippen LogP contribution in [-0.4, -0.2) is 91.2 Å². The second kappa shape index (κ2) is 8.46. The van der Waals surface area contributed by atoms with Crippen molar-refractivity contribution in [1.82, 2.24) is 14.7 Å². The molecule has 120 valence electrons. The maximum atomic E-state index is 12.2. The summed E-state index contributed by atoms with van der Waals surface area (Å²) in [5, 5.41) is 8.79. The van der Waals surface area contributed by atoms with Crippen molar-refractivity contribution in [2.75, 3.05) is 53.4 Å². The molecular formula is C13H23N3O5. The Morgan fingerprint density at radius 2 is 1.90 bits per heavy atom. The van der Waals surface area contributed by atoms with E-state index in [2.05, 4.69) is 4.74 Å². The average Bonchev–Trinajstić information content (AvgIpc) is 2.68. The van der Waals surface area contributed by atoms with Crippen LogP contribution in [0.2, 0.25) is 0 Å². The third-order valence-corrected chi connectivity index (χ3v) is 3.42. The molecule has 1 aliphatic heterocycles. The molecule has 1 saturated heterocycles. The zero-order valence-electron chi connectivity index (χ0n) is 12.6. The van der Waals surface area contributed by atoms with Gasteiger partial charge in [-0.3, -0.25) is 14.5 Å². The molecule has 1 rings (SSSR count). The lowest BCUT2D eigenvalue weighted by atomic mass is 10.3. The molecule has 0 saturated carbocycles. The van der Waals surface area contributed by atoms with Crippen LogP contribution >= 0.6 is 0 Å². The maximum absolute atomic E-state index is 12.2. The van der Waals surface area contributed by atoms with Gasteiger partial charge in [0.2, 0.25) is 0 Å². The number of carbonyl (C=O) groups excluding carboxylic acids is 2. The molecule has 21 heavy (non-hydrogen) atoms. The van der Waals surface area contributed by atoms with E-state index in [4.69, 9.17) is 5.11 Å². The van der Waals surface area contributed by atoms with E-state index in [0.29, 0.717) is 32.7 Å². The fourth-order valence-electron chi connectivity index (χ4n) is 2.21. The number of methoxy groups -OCH3 is 1. The number of aliphatic carboxylic acids is 1. The zero-order chi connectivity index (χ0) is 15.8. The van der Waals surface area contributed by atoms with E-state index in [0.717, 1.165) is 6.42 Å². The number of carbonyl (C=O) groups is 3. The van der Waals surface area contributed by atoms with Gasteiger partial charge in [-0.2, -0.15) is 0 Å². The van der Waals surface area contributed by atoms with E-state index >= 15 is 0 Å². The van der Waals surface area contributed by atoms with E-state index in [9.17, 15) is 14.4 Å².